The van der Waals surface area contributed by atoms with Crippen molar-refractivity contribution in [2.24, 2.45) is 0 Å². The highest BCUT2D eigenvalue weighted by Gasteiger charge is 2.04. The van der Waals surface area contributed by atoms with Crippen LogP contribution in [0.1, 0.15) is 19.9 Å². The maximum Gasteiger partial charge on any atom is 0.237 e. The Hall–Kier alpha value is -0.770. The van der Waals surface area contributed by atoms with E-state index in [0.29, 0.717) is 4.47 Å². The van der Waals surface area contributed by atoms with Crippen LogP contribution in [0.5, 0.6) is 5.75 Å². The van der Waals surface area contributed by atoms with Gasteiger partial charge in [0.05, 0.1) is 10.7 Å². The van der Waals surface area contributed by atoms with Crippen molar-refractivity contribution in [3.05, 3.63) is 27.1 Å². The van der Waals surface area contributed by atoms with E-state index in [1.807, 2.05) is 13.8 Å². The Morgan fingerprint density at radius 1 is 1.50 bits per heavy atom. The molecule has 1 rings (SSSR count). The van der Waals surface area contributed by atoms with Gasteiger partial charge in [-0.25, -0.2) is 0 Å². The van der Waals surface area contributed by atoms with Crippen molar-refractivity contribution in [2.75, 3.05) is 0 Å². The molecule has 12 heavy (non-hydrogen) atoms. The van der Waals surface area contributed by atoms with Gasteiger partial charge in [-0.3, -0.25) is 4.79 Å². The zero-order chi connectivity index (χ0) is 9.30. The van der Waals surface area contributed by atoms with Crippen molar-refractivity contribution < 1.29 is 5.11 Å². The lowest BCUT2D eigenvalue weighted by Gasteiger charge is -2.10. The van der Waals surface area contributed by atoms with E-state index < -0.39 is 0 Å². The fourth-order valence-electron chi connectivity index (χ4n) is 0.847. The van der Waals surface area contributed by atoms with E-state index in [1.165, 1.54) is 6.20 Å². The van der Waals surface area contributed by atoms with Crippen LogP contribution in [0.25, 0.3) is 0 Å². The molecule has 0 saturated heterocycles. The predicted octanol–water partition coefficient (Wildman–Crippen LogP) is 1.90. The Morgan fingerprint density at radius 3 is 2.50 bits per heavy atom. The Labute approximate surface area is 78.8 Å². The molecular formula is C8H10BrNO2. The summed E-state index contributed by atoms with van der Waals surface area (Å²) in [5.41, 5.74) is -0.369. The third-order valence-corrected chi connectivity index (χ3v) is 2.14. The highest BCUT2D eigenvalue weighted by molar-refractivity contribution is 9.10. The Balaban J connectivity index is 3.31. The van der Waals surface area contributed by atoms with E-state index in [2.05, 4.69) is 15.9 Å². The lowest BCUT2D eigenvalue weighted by atomic mass is 10.3. The van der Waals surface area contributed by atoms with E-state index in [0.717, 1.165) is 0 Å². The first-order valence-electron chi connectivity index (χ1n) is 3.62. The van der Waals surface area contributed by atoms with Gasteiger partial charge in [0, 0.05) is 12.2 Å². The van der Waals surface area contributed by atoms with Gasteiger partial charge >= 0.3 is 0 Å². The van der Waals surface area contributed by atoms with Gasteiger partial charge in [-0.15, -0.1) is 0 Å². The number of pyridine rings is 1. The minimum atomic E-state index is -0.369. The van der Waals surface area contributed by atoms with Crippen molar-refractivity contribution in [3.63, 3.8) is 0 Å². The maximum absolute atomic E-state index is 11.0. The summed E-state index contributed by atoms with van der Waals surface area (Å²) in [6, 6.07) is 0.229. The Bertz CT molecular complexity index is 317. The molecule has 4 heteroatoms. The average Bonchev–Trinajstić information content (AvgIpc) is 1.99. The van der Waals surface area contributed by atoms with Crippen LogP contribution in [0.15, 0.2) is 21.7 Å². The molecule has 0 aromatic carbocycles. The summed E-state index contributed by atoms with van der Waals surface area (Å²) in [6.45, 7) is 3.94. The molecule has 0 saturated carbocycles. The second kappa shape index (κ2) is 3.31. The Morgan fingerprint density at radius 2 is 2.08 bits per heavy atom. The number of aromatic nitrogens is 1. The fraction of sp³-hybridized carbons (Fsp3) is 0.375. The lowest BCUT2D eigenvalue weighted by Crippen LogP contribution is -2.09. The molecule has 0 bridgehead atoms. The minimum absolute atomic E-state index is 0.224. The van der Waals surface area contributed by atoms with Crippen LogP contribution in [0.4, 0.5) is 0 Å². The molecule has 1 N–H and O–H groups in total. The van der Waals surface area contributed by atoms with Gasteiger partial charge in [-0.05, 0) is 29.8 Å². The number of nitrogens with zero attached hydrogens (tertiary/aromatic N) is 1. The Kier molecular flexibility index (Phi) is 2.57. The number of hydrogen-bond donors (Lipinski definition) is 1. The van der Waals surface area contributed by atoms with Crippen LogP contribution in [0.2, 0.25) is 0 Å². The monoisotopic (exact) mass is 231 g/mol. The standard InChI is InChI=1S/C8H10BrNO2/c1-5(2)10-3-6(9)8(12)7(11)4-10/h3-5,11H,1-2H3. The first-order chi connectivity index (χ1) is 5.52. The summed E-state index contributed by atoms with van der Waals surface area (Å²) in [7, 11) is 0. The van der Waals surface area contributed by atoms with Crippen molar-refractivity contribution in [1.29, 1.82) is 0 Å². The molecule has 0 fully saturated rings. The summed E-state index contributed by atoms with van der Waals surface area (Å²) in [5, 5.41) is 9.17. The first kappa shape index (κ1) is 9.32. The van der Waals surface area contributed by atoms with Gasteiger partial charge < -0.3 is 9.67 Å². The maximum atomic E-state index is 11.0. The van der Waals surface area contributed by atoms with Crippen LogP contribution in [-0.2, 0) is 0 Å². The van der Waals surface area contributed by atoms with E-state index in [1.54, 1.807) is 10.8 Å². The molecule has 0 atom stereocenters. The minimum Gasteiger partial charge on any atom is -0.503 e. The fourth-order valence-corrected chi connectivity index (χ4v) is 1.29. The normalized spacial score (nSPS) is 10.7. The summed E-state index contributed by atoms with van der Waals surface area (Å²) in [6.07, 6.45) is 3.09. The molecule has 0 unspecified atom stereocenters. The molecule has 0 aliphatic carbocycles. The van der Waals surface area contributed by atoms with Crippen LogP contribution >= 0.6 is 15.9 Å². The predicted molar refractivity (Wildman–Crippen MR) is 50.5 cm³/mol. The smallest absolute Gasteiger partial charge is 0.237 e. The van der Waals surface area contributed by atoms with Gasteiger partial charge in [-0.1, -0.05) is 0 Å². The second-order valence-corrected chi connectivity index (χ2v) is 3.72. The first-order valence-corrected chi connectivity index (χ1v) is 4.42. The van der Waals surface area contributed by atoms with Gasteiger partial charge in [0.25, 0.3) is 0 Å². The lowest BCUT2D eigenvalue weighted by molar-refractivity contribution is 0.454. The highest BCUT2D eigenvalue weighted by atomic mass is 79.9. The number of rotatable bonds is 1. The number of aromatic hydroxyl groups is 1. The van der Waals surface area contributed by atoms with Crippen molar-refractivity contribution in [3.8, 4) is 5.75 Å². The van der Waals surface area contributed by atoms with E-state index in [4.69, 9.17) is 5.11 Å². The molecule has 0 amide bonds. The molecule has 0 radical (unpaired) electrons. The van der Waals surface area contributed by atoms with Crippen molar-refractivity contribution in [1.82, 2.24) is 4.57 Å². The van der Waals surface area contributed by atoms with Crippen LogP contribution in [0, 0.1) is 0 Å². The van der Waals surface area contributed by atoms with E-state index >= 15 is 0 Å². The largest absolute Gasteiger partial charge is 0.503 e. The van der Waals surface area contributed by atoms with Gasteiger partial charge in [0.2, 0.25) is 5.43 Å². The second-order valence-electron chi connectivity index (χ2n) is 2.86. The molecule has 66 valence electrons. The van der Waals surface area contributed by atoms with Gasteiger partial charge in [0.15, 0.2) is 5.75 Å². The molecular weight excluding hydrogens is 222 g/mol. The molecule has 3 nitrogen and oxygen atoms in total. The zero-order valence-corrected chi connectivity index (χ0v) is 8.50. The summed E-state index contributed by atoms with van der Waals surface area (Å²) >= 11 is 3.07. The topological polar surface area (TPSA) is 42.2 Å². The molecule has 1 aromatic rings. The van der Waals surface area contributed by atoms with Gasteiger partial charge in [0.1, 0.15) is 0 Å². The average molecular weight is 232 g/mol. The van der Waals surface area contributed by atoms with Crippen LogP contribution in [0.3, 0.4) is 0 Å². The zero-order valence-electron chi connectivity index (χ0n) is 6.91. The molecule has 0 spiro atoms. The summed E-state index contributed by atoms with van der Waals surface area (Å²) in [5.74, 6) is -0.224. The molecule has 0 aliphatic heterocycles. The van der Waals surface area contributed by atoms with E-state index in [-0.39, 0.29) is 17.2 Å². The molecule has 1 heterocycles. The quantitative estimate of drug-likeness (QED) is 0.803. The van der Waals surface area contributed by atoms with Crippen LogP contribution in [-0.4, -0.2) is 9.67 Å². The third-order valence-electron chi connectivity index (χ3n) is 1.58. The van der Waals surface area contributed by atoms with Gasteiger partial charge in [-0.2, -0.15) is 0 Å². The number of halogens is 1. The van der Waals surface area contributed by atoms with Crippen molar-refractivity contribution in [2.45, 2.75) is 19.9 Å². The summed E-state index contributed by atoms with van der Waals surface area (Å²) < 4.78 is 2.15. The third kappa shape index (κ3) is 1.69. The number of hydrogen-bond acceptors (Lipinski definition) is 2. The van der Waals surface area contributed by atoms with E-state index in [9.17, 15) is 4.79 Å². The van der Waals surface area contributed by atoms with Crippen LogP contribution < -0.4 is 5.43 Å². The molecule has 0 aliphatic rings. The van der Waals surface area contributed by atoms with Crippen molar-refractivity contribution >= 4 is 15.9 Å². The summed E-state index contributed by atoms with van der Waals surface area (Å²) in [4.78, 5) is 11.0. The SMILES string of the molecule is CC(C)n1cc(O)c(=O)c(Br)c1. The highest BCUT2D eigenvalue weighted by Crippen LogP contribution is 2.13. The molecule has 1 aromatic heterocycles.